The summed E-state index contributed by atoms with van der Waals surface area (Å²) < 4.78 is 0. The third-order valence-electron chi connectivity index (χ3n) is 4.47. The number of hydrogen-bond acceptors (Lipinski definition) is 7. The van der Waals surface area contributed by atoms with Crippen molar-refractivity contribution in [3.63, 3.8) is 0 Å². The molecule has 0 aromatic carbocycles. The van der Waals surface area contributed by atoms with Crippen LogP contribution in [-0.2, 0) is 14.4 Å². The van der Waals surface area contributed by atoms with Gasteiger partial charge in [-0.2, -0.15) is 0 Å². The number of nitrogens with zero attached hydrogens (tertiary/aromatic N) is 4. The Hall–Kier alpha value is -1.75. The van der Waals surface area contributed by atoms with Crippen LogP contribution in [0.2, 0.25) is 0 Å². The first-order chi connectivity index (χ1) is 12.7. The summed E-state index contributed by atoms with van der Waals surface area (Å²) in [6.07, 6.45) is -0.300. The molecule has 10 heteroatoms. The summed E-state index contributed by atoms with van der Waals surface area (Å²) in [5.41, 5.74) is 0. The van der Waals surface area contributed by atoms with E-state index >= 15 is 0 Å². The molecule has 0 saturated carbocycles. The lowest BCUT2D eigenvalue weighted by Crippen LogP contribution is -2.50. The largest absolute Gasteiger partial charge is 0.481 e. The number of rotatable bonds is 7. The topological polar surface area (TPSA) is 125 Å². The van der Waals surface area contributed by atoms with Crippen LogP contribution in [0.1, 0.15) is 12.8 Å². The zero-order valence-electron chi connectivity index (χ0n) is 15.4. The summed E-state index contributed by atoms with van der Waals surface area (Å²) in [5.74, 6) is -3.15. The SMILES string of the molecule is [CH]N1CCN([CH])CCN(C(CCC(=O)O)C(=O)O)CCN(CC(=O)O)CC1. The molecular formula is C17H28N4O6. The molecule has 27 heavy (non-hydrogen) atoms. The van der Waals surface area contributed by atoms with Gasteiger partial charge in [-0.25, -0.2) is 0 Å². The number of hydrogen-bond donors (Lipinski definition) is 3. The highest BCUT2D eigenvalue weighted by Crippen LogP contribution is 2.10. The molecule has 1 aliphatic heterocycles. The molecule has 1 heterocycles. The summed E-state index contributed by atoms with van der Waals surface area (Å²) in [4.78, 5) is 40.0. The lowest BCUT2D eigenvalue weighted by Gasteiger charge is -2.34. The Morgan fingerprint density at radius 1 is 0.778 bits per heavy atom. The van der Waals surface area contributed by atoms with Crippen LogP contribution in [0.3, 0.4) is 0 Å². The fraction of sp³-hybridized carbons (Fsp3) is 0.706. The minimum Gasteiger partial charge on any atom is -0.481 e. The molecule has 4 radical (unpaired) electrons. The van der Waals surface area contributed by atoms with Crippen LogP contribution in [0.15, 0.2) is 0 Å². The predicted octanol–water partition coefficient (Wildman–Crippen LogP) is -1.05. The summed E-state index contributed by atoms with van der Waals surface area (Å²) in [6, 6.07) is -0.977. The van der Waals surface area contributed by atoms with Crippen LogP contribution < -0.4 is 0 Å². The maximum atomic E-state index is 11.7. The van der Waals surface area contributed by atoms with Gasteiger partial charge in [0.1, 0.15) is 6.04 Å². The summed E-state index contributed by atoms with van der Waals surface area (Å²) >= 11 is 0. The lowest BCUT2D eigenvalue weighted by molar-refractivity contribution is -0.145. The highest BCUT2D eigenvalue weighted by Gasteiger charge is 2.27. The van der Waals surface area contributed by atoms with Crippen molar-refractivity contribution in [2.24, 2.45) is 0 Å². The van der Waals surface area contributed by atoms with Gasteiger partial charge in [0.25, 0.3) is 0 Å². The molecule has 1 aliphatic rings. The molecule has 152 valence electrons. The zero-order chi connectivity index (χ0) is 20.4. The summed E-state index contributed by atoms with van der Waals surface area (Å²) in [5, 5.41) is 27.5. The third-order valence-corrected chi connectivity index (χ3v) is 4.47. The molecule has 1 fully saturated rings. The van der Waals surface area contributed by atoms with Crippen LogP contribution in [0.5, 0.6) is 0 Å². The highest BCUT2D eigenvalue weighted by atomic mass is 16.4. The van der Waals surface area contributed by atoms with Gasteiger partial charge in [-0.3, -0.25) is 34.0 Å². The number of carbonyl (C=O) groups is 3. The van der Waals surface area contributed by atoms with E-state index in [4.69, 9.17) is 24.3 Å². The molecule has 0 amide bonds. The Labute approximate surface area is 159 Å². The smallest absolute Gasteiger partial charge is 0.320 e. The highest BCUT2D eigenvalue weighted by molar-refractivity contribution is 5.75. The second-order valence-electron chi connectivity index (χ2n) is 6.56. The molecule has 0 aliphatic carbocycles. The van der Waals surface area contributed by atoms with Crippen LogP contribution in [-0.4, -0.2) is 118 Å². The van der Waals surface area contributed by atoms with Crippen molar-refractivity contribution in [1.82, 2.24) is 19.6 Å². The van der Waals surface area contributed by atoms with Gasteiger partial charge >= 0.3 is 17.9 Å². The predicted molar refractivity (Wildman–Crippen MR) is 95.7 cm³/mol. The standard InChI is InChI=1S/C17H28N4O6/c1-18-5-6-19(2)8-11-21(14(17(26)27)3-4-15(22)23)12-10-20(9-7-18)13-16(24)25/h1-2,14H,3-13H2,(H,22,23)(H,24,25)(H,26,27). The fourth-order valence-electron chi connectivity index (χ4n) is 2.88. The van der Waals surface area contributed by atoms with Crippen LogP contribution in [0, 0.1) is 14.1 Å². The van der Waals surface area contributed by atoms with Gasteiger partial charge in [0, 0.05) is 72.9 Å². The normalized spacial score (nSPS) is 21.1. The third kappa shape index (κ3) is 9.66. The van der Waals surface area contributed by atoms with Crippen molar-refractivity contribution in [1.29, 1.82) is 0 Å². The van der Waals surface area contributed by atoms with Gasteiger partial charge < -0.3 is 15.3 Å². The zero-order valence-corrected chi connectivity index (χ0v) is 15.4. The van der Waals surface area contributed by atoms with Gasteiger partial charge in [0.2, 0.25) is 0 Å². The van der Waals surface area contributed by atoms with E-state index in [1.807, 2.05) is 0 Å². The molecule has 0 aromatic heterocycles. The quantitative estimate of drug-likeness (QED) is 0.500. The Morgan fingerprint density at radius 2 is 1.26 bits per heavy atom. The maximum Gasteiger partial charge on any atom is 0.320 e. The van der Waals surface area contributed by atoms with Crippen molar-refractivity contribution in [3.8, 4) is 0 Å². The summed E-state index contributed by atoms with van der Waals surface area (Å²) in [6.45, 7) is 2.93. The first-order valence-corrected chi connectivity index (χ1v) is 8.81. The second-order valence-corrected chi connectivity index (χ2v) is 6.56. The maximum absolute atomic E-state index is 11.7. The van der Waals surface area contributed by atoms with Crippen LogP contribution >= 0.6 is 0 Å². The average Bonchev–Trinajstić information content (AvgIpc) is 2.57. The minimum absolute atomic E-state index is 0.0370. The van der Waals surface area contributed by atoms with Gasteiger partial charge in [-0.1, -0.05) is 0 Å². The monoisotopic (exact) mass is 384 g/mol. The number of aliphatic carboxylic acids is 3. The van der Waals surface area contributed by atoms with Crippen molar-refractivity contribution >= 4 is 17.9 Å². The average molecular weight is 384 g/mol. The van der Waals surface area contributed by atoms with Gasteiger partial charge in [-0.15, -0.1) is 0 Å². The molecule has 0 bridgehead atoms. The summed E-state index contributed by atoms with van der Waals surface area (Å²) in [7, 11) is 11.8. The Morgan fingerprint density at radius 3 is 1.78 bits per heavy atom. The van der Waals surface area contributed by atoms with Crippen LogP contribution in [0.4, 0.5) is 0 Å². The molecule has 0 aromatic rings. The number of carboxylic acid groups (broad SMARTS) is 3. The molecule has 1 atom stereocenters. The van der Waals surface area contributed by atoms with E-state index in [2.05, 4.69) is 0 Å². The molecular weight excluding hydrogens is 356 g/mol. The Kier molecular flexibility index (Phi) is 10.2. The van der Waals surface area contributed by atoms with E-state index in [9.17, 15) is 19.5 Å². The van der Waals surface area contributed by atoms with E-state index in [0.29, 0.717) is 45.8 Å². The van der Waals surface area contributed by atoms with E-state index in [-0.39, 0.29) is 25.9 Å². The first-order valence-electron chi connectivity index (χ1n) is 8.81. The van der Waals surface area contributed by atoms with E-state index in [0.717, 1.165) is 0 Å². The van der Waals surface area contributed by atoms with E-state index in [1.54, 1.807) is 19.6 Å². The molecule has 1 saturated heterocycles. The molecule has 1 unspecified atom stereocenters. The van der Waals surface area contributed by atoms with Crippen molar-refractivity contribution in [2.75, 3.05) is 58.9 Å². The Balaban J connectivity index is 2.89. The van der Waals surface area contributed by atoms with Crippen molar-refractivity contribution < 1.29 is 29.7 Å². The molecule has 10 nitrogen and oxygen atoms in total. The van der Waals surface area contributed by atoms with Crippen LogP contribution in [0.25, 0.3) is 0 Å². The first kappa shape index (κ1) is 23.3. The molecule has 1 rings (SSSR count). The van der Waals surface area contributed by atoms with Crippen molar-refractivity contribution in [3.05, 3.63) is 14.1 Å². The van der Waals surface area contributed by atoms with Gasteiger partial charge in [0.05, 0.1) is 6.54 Å². The fourth-order valence-corrected chi connectivity index (χ4v) is 2.88. The van der Waals surface area contributed by atoms with Gasteiger partial charge in [-0.05, 0) is 6.42 Å². The van der Waals surface area contributed by atoms with Gasteiger partial charge in [0.15, 0.2) is 0 Å². The minimum atomic E-state index is -1.11. The lowest BCUT2D eigenvalue weighted by atomic mass is 10.1. The molecule has 0 spiro atoms. The second kappa shape index (κ2) is 11.9. The van der Waals surface area contributed by atoms with E-state index < -0.39 is 23.9 Å². The van der Waals surface area contributed by atoms with E-state index in [1.165, 1.54) is 0 Å². The van der Waals surface area contributed by atoms with Crippen molar-refractivity contribution in [2.45, 2.75) is 18.9 Å². The number of carboxylic acids is 3. The molecule has 3 N–H and O–H groups in total. The Bertz CT molecular complexity index is 504.